The molecule has 0 atom stereocenters. The third-order valence-electron chi connectivity index (χ3n) is 0.955. The van der Waals surface area contributed by atoms with Crippen LogP contribution in [0.15, 0.2) is 0 Å². The first-order valence-corrected chi connectivity index (χ1v) is 3.55. The maximum atomic E-state index is 11.1. The van der Waals surface area contributed by atoms with Crippen LogP contribution >= 0.6 is 0 Å². The number of esters is 1. The van der Waals surface area contributed by atoms with Crippen molar-refractivity contribution in [1.29, 1.82) is 0 Å². The van der Waals surface area contributed by atoms with Gasteiger partial charge in [-0.1, -0.05) is 0 Å². The number of hydrogen-bond acceptors (Lipinski definition) is 2. The van der Waals surface area contributed by atoms with Crippen molar-refractivity contribution in [3.63, 3.8) is 0 Å². The minimum Gasteiger partial charge on any atom is -0.463 e. The van der Waals surface area contributed by atoms with Crippen LogP contribution in [0.25, 0.3) is 0 Å². The van der Waals surface area contributed by atoms with Crippen LogP contribution in [0.2, 0.25) is 0 Å². The Morgan fingerprint density at radius 1 is 1.30 bits per heavy atom. The molecule has 0 fully saturated rings. The van der Waals surface area contributed by atoms with Crippen LogP contribution in [0.5, 0.6) is 0 Å². The van der Waals surface area contributed by atoms with Gasteiger partial charge in [0.2, 0.25) is 0 Å². The molecule has 2 nitrogen and oxygen atoms in total. The second-order valence-electron chi connectivity index (χ2n) is 3.70. The molecule has 0 aromatic heterocycles. The molecule has 60 valence electrons. The normalized spacial score (nSPS) is 11.8. The first-order valence-electron chi connectivity index (χ1n) is 3.55. The van der Waals surface area contributed by atoms with E-state index < -0.39 is 0 Å². The molecule has 0 unspecified atom stereocenters. The minimum atomic E-state index is -0.371. The molecule has 2 heteroatoms. The highest BCUT2D eigenvalue weighted by Gasteiger charge is 2.23. The molecule has 0 amide bonds. The summed E-state index contributed by atoms with van der Waals surface area (Å²) < 4.78 is 4.98. The molecule has 0 spiro atoms. The zero-order valence-corrected chi connectivity index (χ0v) is 7.39. The van der Waals surface area contributed by atoms with E-state index in [0.29, 0.717) is 0 Å². The van der Waals surface area contributed by atoms with E-state index in [9.17, 15) is 4.79 Å². The van der Waals surface area contributed by atoms with E-state index in [0.717, 1.165) is 0 Å². The number of rotatable bonds is 1. The van der Waals surface area contributed by atoms with Crippen molar-refractivity contribution in [1.82, 2.24) is 0 Å². The highest BCUT2D eigenvalue weighted by Crippen LogP contribution is 2.15. The van der Waals surface area contributed by atoms with Gasteiger partial charge in [-0.3, -0.25) is 4.79 Å². The molecule has 0 aromatic carbocycles. The zero-order chi connectivity index (χ0) is 8.36. The molecule has 0 aliphatic heterocycles. The van der Waals surface area contributed by atoms with Crippen molar-refractivity contribution >= 4 is 5.97 Å². The van der Waals surface area contributed by atoms with E-state index in [2.05, 4.69) is 0 Å². The van der Waals surface area contributed by atoms with Gasteiger partial charge in [0.15, 0.2) is 0 Å². The molecule has 0 aliphatic carbocycles. The monoisotopic (exact) mass is 144 g/mol. The molecule has 0 aromatic rings. The molecular weight excluding hydrogens is 128 g/mol. The van der Waals surface area contributed by atoms with Crippen LogP contribution in [0, 0.1) is 5.41 Å². The Balaban J connectivity index is 3.87. The summed E-state index contributed by atoms with van der Waals surface area (Å²) in [6.07, 6.45) is -0.00766. The Bertz CT molecular complexity index is 120. The molecule has 10 heavy (non-hydrogen) atoms. The largest absolute Gasteiger partial charge is 0.463 e. The summed E-state index contributed by atoms with van der Waals surface area (Å²) in [7, 11) is 0. The predicted molar refractivity (Wildman–Crippen MR) is 40.7 cm³/mol. The van der Waals surface area contributed by atoms with Crippen molar-refractivity contribution in [3.8, 4) is 0 Å². The summed E-state index contributed by atoms with van der Waals surface area (Å²) in [5, 5.41) is 0. The van der Waals surface area contributed by atoms with Crippen molar-refractivity contribution < 1.29 is 9.53 Å². The molecule has 0 heterocycles. The Labute approximate surface area is 62.6 Å². The standard InChI is InChI=1S/C8H16O2/c1-6(2)10-7(9)8(3,4)5/h6H,1-5H3. The second-order valence-corrected chi connectivity index (χ2v) is 3.70. The second kappa shape index (κ2) is 3.04. The summed E-state index contributed by atoms with van der Waals surface area (Å²) >= 11 is 0. The molecule has 0 saturated heterocycles. The lowest BCUT2D eigenvalue weighted by Crippen LogP contribution is -2.25. The van der Waals surface area contributed by atoms with E-state index in [-0.39, 0.29) is 17.5 Å². The van der Waals surface area contributed by atoms with Gasteiger partial charge in [-0.05, 0) is 34.6 Å². The lowest BCUT2D eigenvalue weighted by atomic mass is 9.97. The highest BCUT2D eigenvalue weighted by molar-refractivity contribution is 5.75. The van der Waals surface area contributed by atoms with Crippen molar-refractivity contribution in [2.75, 3.05) is 0 Å². The molecule has 0 aliphatic rings. The topological polar surface area (TPSA) is 26.3 Å². The molecule has 0 radical (unpaired) electrons. The molecular formula is C8H16O2. The van der Waals surface area contributed by atoms with Gasteiger partial charge >= 0.3 is 5.97 Å². The van der Waals surface area contributed by atoms with Crippen LogP contribution in [-0.2, 0) is 9.53 Å². The maximum Gasteiger partial charge on any atom is 0.311 e. The third-order valence-corrected chi connectivity index (χ3v) is 0.955. The lowest BCUT2D eigenvalue weighted by Gasteiger charge is -2.18. The van der Waals surface area contributed by atoms with Gasteiger partial charge in [0.1, 0.15) is 0 Å². The number of ether oxygens (including phenoxy) is 1. The average molecular weight is 144 g/mol. The Hall–Kier alpha value is -0.530. The zero-order valence-electron chi connectivity index (χ0n) is 7.39. The summed E-state index contributed by atoms with van der Waals surface area (Å²) in [5.41, 5.74) is -0.371. The Morgan fingerprint density at radius 3 is 1.80 bits per heavy atom. The van der Waals surface area contributed by atoms with Gasteiger partial charge in [-0.2, -0.15) is 0 Å². The molecule has 0 N–H and O–H groups in total. The van der Waals surface area contributed by atoms with Gasteiger partial charge in [-0.25, -0.2) is 0 Å². The number of carbonyl (C=O) groups is 1. The highest BCUT2D eigenvalue weighted by atomic mass is 16.5. The van der Waals surface area contributed by atoms with Crippen LogP contribution in [0.3, 0.4) is 0 Å². The van der Waals surface area contributed by atoms with Gasteiger partial charge in [0, 0.05) is 0 Å². The van der Waals surface area contributed by atoms with E-state index in [1.807, 2.05) is 34.6 Å². The van der Waals surface area contributed by atoms with Crippen LogP contribution in [0.1, 0.15) is 34.6 Å². The van der Waals surface area contributed by atoms with Gasteiger partial charge in [-0.15, -0.1) is 0 Å². The number of carbonyl (C=O) groups excluding carboxylic acids is 1. The van der Waals surface area contributed by atoms with E-state index in [1.54, 1.807) is 0 Å². The van der Waals surface area contributed by atoms with Gasteiger partial charge < -0.3 is 4.74 Å². The SMILES string of the molecule is CC(C)OC(=O)C(C)(C)C. The Kier molecular flexibility index (Phi) is 2.88. The lowest BCUT2D eigenvalue weighted by molar-refractivity contribution is -0.156. The summed E-state index contributed by atoms with van der Waals surface area (Å²) in [6, 6.07) is 0. The fourth-order valence-electron chi connectivity index (χ4n) is 0.391. The van der Waals surface area contributed by atoms with E-state index >= 15 is 0 Å². The van der Waals surface area contributed by atoms with Crippen LogP contribution in [-0.4, -0.2) is 12.1 Å². The Morgan fingerprint density at radius 2 is 1.70 bits per heavy atom. The van der Waals surface area contributed by atoms with Crippen LogP contribution in [0.4, 0.5) is 0 Å². The van der Waals surface area contributed by atoms with Gasteiger partial charge in [0.05, 0.1) is 11.5 Å². The first kappa shape index (κ1) is 9.47. The van der Waals surface area contributed by atoms with Crippen molar-refractivity contribution in [2.24, 2.45) is 5.41 Å². The quantitative estimate of drug-likeness (QED) is 0.526. The van der Waals surface area contributed by atoms with Gasteiger partial charge in [0.25, 0.3) is 0 Å². The summed E-state index contributed by atoms with van der Waals surface area (Å²) in [4.78, 5) is 11.1. The maximum absolute atomic E-state index is 11.1. The van der Waals surface area contributed by atoms with Crippen LogP contribution < -0.4 is 0 Å². The number of hydrogen-bond donors (Lipinski definition) is 0. The smallest absolute Gasteiger partial charge is 0.311 e. The summed E-state index contributed by atoms with van der Waals surface area (Å²) in [5.74, 6) is -0.137. The predicted octanol–water partition coefficient (Wildman–Crippen LogP) is 1.98. The average Bonchev–Trinajstić information content (AvgIpc) is 1.60. The fourth-order valence-corrected chi connectivity index (χ4v) is 0.391. The van der Waals surface area contributed by atoms with E-state index in [4.69, 9.17) is 4.74 Å². The molecule has 0 rings (SSSR count). The van der Waals surface area contributed by atoms with E-state index in [1.165, 1.54) is 0 Å². The van der Waals surface area contributed by atoms with Crippen molar-refractivity contribution in [2.45, 2.75) is 40.7 Å². The molecule has 0 bridgehead atoms. The summed E-state index contributed by atoms with van der Waals surface area (Å²) in [6.45, 7) is 9.24. The third kappa shape index (κ3) is 3.49. The first-order chi connectivity index (χ1) is 4.34. The van der Waals surface area contributed by atoms with Crippen molar-refractivity contribution in [3.05, 3.63) is 0 Å². The fraction of sp³-hybridized carbons (Fsp3) is 0.875. The molecule has 0 saturated carbocycles. The minimum absolute atomic E-state index is 0.00766.